The smallest absolute Gasteiger partial charge is 0.269 e. The van der Waals surface area contributed by atoms with Crippen LogP contribution in [0.1, 0.15) is 44.8 Å². The van der Waals surface area contributed by atoms with E-state index in [9.17, 15) is 14.0 Å². The standard InChI is InChI=1S/C31H32ClFN8O2/c1-17-5-3-7-24(38-31(43)29(34)18(2)41(35)27-8-4-6-22(32)28(27)33)26-15-19(11-13-36-26)21-10-9-20(23-12-14-37-40-23)16-25(21)39-30(17)42/h4,6,8-17,24H,3,5,7,34-35H2,1-2H3,(H,37,40)(H,38,43)(H,39,42)/b29-18-. The van der Waals surface area contributed by atoms with E-state index in [4.69, 9.17) is 23.2 Å². The highest BCUT2D eigenvalue weighted by molar-refractivity contribution is 6.31. The van der Waals surface area contributed by atoms with Crippen LogP contribution in [0.15, 0.2) is 78.4 Å². The maximum absolute atomic E-state index is 14.6. The van der Waals surface area contributed by atoms with Crippen LogP contribution >= 0.6 is 11.6 Å². The van der Waals surface area contributed by atoms with Gasteiger partial charge in [0, 0.05) is 35.1 Å². The highest BCUT2D eigenvalue weighted by atomic mass is 35.5. The summed E-state index contributed by atoms with van der Waals surface area (Å²) in [5.74, 6) is 4.43. The molecular weight excluding hydrogens is 571 g/mol. The molecule has 222 valence electrons. The molecule has 0 saturated heterocycles. The molecule has 7 N–H and O–H groups in total. The fraction of sp³-hybridized carbons (Fsp3) is 0.226. The third-order valence-electron chi connectivity index (χ3n) is 7.61. The van der Waals surface area contributed by atoms with Gasteiger partial charge in [-0.2, -0.15) is 5.10 Å². The summed E-state index contributed by atoms with van der Waals surface area (Å²) in [4.78, 5) is 31.1. The minimum atomic E-state index is -0.727. The number of nitrogens with two attached hydrogens (primary N) is 2. The van der Waals surface area contributed by atoms with E-state index in [0.29, 0.717) is 30.6 Å². The van der Waals surface area contributed by atoms with Crippen molar-refractivity contribution in [3.05, 3.63) is 94.9 Å². The number of pyridine rings is 1. The lowest BCUT2D eigenvalue weighted by atomic mass is 9.94. The number of nitrogens with zero attached hydrogens (tertiary/aromatic N) is 3. The zero-order chi connectivity index (χ0) is 30.7. The van der Waals surface area contributed by atoms with Crippen molar-refractivity contribution in [2.24, 2.45) is 17.5 Å². The number of benzene rings is 2. The fourth-order valence-corrected chi connectivity index (χ4v) is 5.16. The Balaban J connectivity index is 1.48. The normalized spacial score (nSPS) is 17.5. The average Bonchev–Trinajstić information content (AvgIpc) is 3.55. The van der Waals surface area contributed by atoms with Crippen LogP contribution in [0.4, 0.5) is 15.8 Å². The molecule has 0 spiro atoms. The summed E-state index contributed by atoms with van der Waals surface area (Å²) in [6.07, 6.45) is 5.06. The van der Waals surface area contributed by atoms with Crippen molar-refractivity contribution >= 4 is 34.8 Å². The van der Waals surface area contributed by atoms with Crippen molar-refractivity contribution in [2.45, 2.75) is 39.2 Å². The summed E-state index contributed by atoms with van der Waals surface area (Å²) >= 11 is 5.90. The van der Waals surface area contributed by atoms with E-state index in [-0.39, 0.29) is 33.9 Å². The Labute approximate surface area is 253 Å². The lowest BCUT2D eigenvalue weighted by molar-refractivity contribution is -0.120. The second kappa shape index (κ2) is 12.6. The molecule has 5 rings (SSSR count). The van der Waals surface area contributed by atoms with Crippen molar-refractivity contribution < 1.29 is 14.0 Å². The number of fused-ring (bicyclic) bond motifs is 4. The number of anilines is 2. The lowest BCUT2D eigenvalue weighted by Crippen LogP contribution is -2.38. The molecule has 2 unspecified atom stereocenters. The Morgan fingerprint density at radius 2 is 1.93 bits per heavy atom. The minimum Gasteiger partial charge on any atom is -0.393 e. The number of halogens is 2. The SMILES string of the molecule is C/C(=C(/N)C(=O)NC1CCCC(C)C(=O)Nc2cc(-c3ccn[nH]3)ccc2-c2ccnc1c2)N(N)c1cccc(Cl)c1F. The minimum absolute atomic E-state index is 0.0252. The maximum atomic E-state index is 14.6. The molecule has 10 nitrogen and oxygen atoms in total. The number of hydrogen-bond donors (Lipinski definition) is 5. The van der Waals surface area contributed by atoms with Gasteiger partial charge < -0.3 is 16.4 Å². The van der Waals surface area contributed by atoms with E-state index in [2.05, 4.69) is 25.8 Å². The van der Waals surface area contributed by atoms with Gasteiger partial charge >= 0.3 is 0 Å². The molecule has 3 heterocycles. The Hall–Kier alpha value is -4.74. The molecular formula is C31H32ClFN8O2. The molecule has 2 aromatic carbocycles. The predicted molar refractivity (Wildman–Crippen MR) is 165 cm³/mol. The highest BCUT2D eigenvalue weighted by Crippen LogP contribution is 2.35. The van der Waals surface area contributed by atoms with E-state index in [1.807, 2.05) is 43.3 Å². The summed E-state index contributed by atoms with van der Waals surface area (Å²) in [7, 11) is 0. The number of hydrazine groups is 1. The number of aromatic amines is 1. The van der Waals surface area contributed by atoms with Gasteiger partial charge in [0.05, 0.1) is 33.8 Å². The van der Waals surface area contributed by atoms with Crippen LogP contribution in [-0.2, 0) is 9.59 Å². The number of carbonyl (C=O) groups excluding carboxylic acids is 2. The first kappa shape index (κ1) is 29.7. The number of hydrogen-bond acceptors (Lipinski definition) is 7. The zero-order valence-corrected chi connectivity index (χ0v) is 24.5. The maximum Gasteiger partial charge on any atom is 0.269 e. The monoisotopic (exact) mass is 602 g/mol. The van der Waals surface area contributed by atoms with E-state index < -0.39 is 17.8 Å². The number of aromatic nitrogens is 3. The molecule has 2 atom stereocenters. The summed E-state index contributed by atoms with van der Waals surface area (Å²) in [6.45, 7) is 3.39. The first-order valence-corrected chi connectivity index (χ1v) is 14.2. The number of H-pyrrole nitrogens is 1. The summed E-state index contributed by atoms with van der Waals surface area (Å²) in [6, 6.07) is 15.3. The van der Waals surface area contributed by atoms with Crippen molar-refractivity contribution in [1.82, 2.24) is 20.5 Å². The average molecular weight is 603 g/mol. The van der Waals surface area contributed by atoms with Gasteiger partial charge in [-0.05, 0) is 61.7 Å². The zero-order valence-electron chi connectivity index (χ0n) is 23.7. The summed E-state index contributed by atoms with van der Waals surface area (Å²) in [5.41, 5.74) is 10.7. The molecule has 2 bridgehead atoms. The topological polar surface area (TPSA) is 155 Å². The number of nitrogens with one attached hydrogen (secondary N) is 3. The largest absolute Gasteiger partial charge is 0.393 e. The molecule has 1 aliphatic heterocycles. The van der Waals surface area contributed by atoms with Gasteiger partial charge in [0.15, 0.2) is 5.82 Å². The molecule has 1 aliphatic rings. The van der Waals surface area contributed by atoms with E-state index in [1.54, 1.807) is 18.5 Å². The van der Waals surface area contributed by atoms with Gasteiger partial charge in [0.25, 0.3) is 5.91 Å². The number of carbonyl (C=O) groups is 2. The fourth-order valence-electron chi connectivity index (χ4n) is 4.99. The molecule has 2 amide bonds. The van der Waals surface area contributed by atoms with E-state index in [1.165, 1.54) is 19.1 Å². The van der Waals surface area contributed by atoms with Gasteiger partial charge in [-0.1, -0.05) is 43.1 Å². The Morgan fingerprint density at radius 3 is 2.70 bits per heavy atom. The molecule has 43 heavy (non-hydrogen) atoms. The molecule has 0 radical (unpaired) electrons. The molecule has 4 aromatic rings. The van der Waals surface area contributed by atoms with E-state index in [0.717, 1.165) is 27.4 Å². The van der Waals surface area contributed by atoms with Crippen LogP contribution in [0, 0.1) is 11.7 Å². The van der Waals surface area contributed by atoms with Crippen LogP contribution < -0.4 is 27.2 Å². The van der Waals surface area contributed by atoms with Crippen molar-refractivity contribution in [3.63, 3.8) is 0 Å². The van der Waals surface area contributed by atoms with Crippen molar-refractivity contribution in [1.29, 1.82) is 0 Å². The molecule has 0 fully saturated rings. The second-order valence-corrected chi connectivity index (χ2v) is 10.9. The van der Waals surface area contributed by atoms with Gasteiger partial charge in [0.2, 0.25) is 5.91 Å². The lowest BCUT2D eigenvalue weighted by Gasteiger charge is -2.24. The van der Waals surface area contributed by atoms with Crippen LogP contribution in [0.25, 0.3) is 22.4 Å². The molecule has 12 heteroatoms. The van der Waals surface area contributed by atoms with Gasteiger partial charge in [-0.3, -0.25) is 24.7 Å². The van der Waals surface area contributed by atoms with Gasteiger partial charge in [0.1, 0.15) is 5.70 Å². The Morgan fingerprint density at radius 1 is 1.12 bits per heavy atom. The molecule has 2 aromatic heterocycles. The van der Waals surface area contributed by atoms with E-state index >= 15 is 0 Å². The number of allylic oxidation sites excluding steroid dienone is 1. The Kier molecular flexibility index (Phi) is 8.74. The van der Waals surface area contributed by atoms with Crippen molar-refractivity contribution in [2.75, 3.05) is 10.3 Å². The van der Waals surface area contributed by atoms with Crippen molar-refractivity contribution in [3.8, 4) is 22.4 Å². The Bertz CT molecular complexity index is 1690. The van der Waals surface area contributed by atoms with Crippen LogP contribution in [-0.4, -0.2) is 27.0 Å². The number of amides is 2. The van der Waals surface area contributed by atoms with Gasteiger partial charge in [-0.15, -0.1) is 0 Å². The molecule has 0 aliphatic carbocycles. The molecule has 0 saturated carbocycles. The summed E-state index contributed by atoms with van der Waals surface area (Å²) in [5, 5.41) is 13.9. The van der Waals surface area contributed by atoms with Gasteiger partial charge in [-0.25, -0.2) is 10.2 Å². The number of rotatable bonds is 5. The third kappa shape index (κ3) is 6.37. The third-order valence-corrected chi connectivity index (χ3v) is 7.90. The van der Waals surface area contributed by atoms with Crippen LogP contribution in [0.5, 0.6) is 0 Å². The summed E-state index contributed by atoms with van der Waals surface area (Å²) < 4.78 is 14.6. The quantitative estimate of drug-likeness (QED) is 0.116. The first-order valence-electron chi connectivity index (χ1n) is 13.8. The van der Waals surface area contributed by atoms with Crippen LogP contribution in [0.2, 0.25) is 5.02 Å². The predicted octanol–water partition coefficient (Wildman–Crippen LogP) is 5.42. The first-order chi connectivity index (χ1) is 20.6. The second-order valence-electron chi connectivity index (χ2n) is 10.5. The highest BCUT2D eigenvalue weighted by Gasteiger charge is 2.24. The van der Waals surface area contributed by atoms with Crippen LogP contribution in [0.3, 0.4) is 0 Å².